The Kier molecular flexibility index (Phi) is 4.52. The number of nitrogens with zero attached hydrogens (tertiary/aromatic N) is 5. The van der Waals surface area contributed by atoms with Gasteiger partial charge in [0.2, 0.25) is 5.88 Å². The molecule has 0 saturated carbocycles. The first-order valence-corrected chi connectivity index (χ1v) is 8.72. The molecule has 0 unspecified atom stereocenters. The number of hydrogen-bond donors (Lipinski definition) is 0. The summed E-state index contributed by atoms with van der Waals surface area (Å²) < 4.78 is 48.1. The molecule has 8 nitrogen and oxygen atoms in total. The summed E-state index contributed by atoms with van der Waals surface area (Å²) in [5.41, 5.74) is 0.752. The maximum absolute atomic E-state index is 13.6. The van der Waals surface area contributed by atoms with Gasteiger partial charge in [-0.1, -0.05) is 0 Å². The van der Waals surface area contributed by atoms with Gasteiger partial charge in [0.1, 0.15) is 12.6 Å². The molecule has 3 heterocycles. The number of halogens is 1. The fourth-order valence-corrected chi connectivity index (χ4v) is 3.65. The van der Waals surface area contributed by atoms with Crippen molar-refractivity contribution in [3.63, 3.8) is 0 Å². The molecule has 10 heteroatoms. The molecule has 0 saturated heterocycles. The zero-order valence-electron chi connectivity index (χ0n) is 13.3. The van der Waals surface area contributed by atoms with E-state index in [0.29, 0.717) is 0 Å². The van der Waals surface area contributed by atoms with Crippen molar-refractivity contribution in [3.8, 4) is 5.88 Å². The van der Waals surface area contributed by atoms with E-state index in [4.69, 9.17) is 4.74 Å². The highest BCUT2D eigenvalue weighted by molar-refractivity contribution is 7.86. The van der Waals surface area contributed by atoms with Crippen molar-refractivity contribution in [1.82, 2.24) is 23.4 Å². The van der Waals surface area contributed by atoms with Crippen LogP contribution in [0.5, 0.6) is 5.88 Å². The van der Waals surface area contributed by atoms with Gasteiger partial charge in [-0.3, -0.25) is 4.68 Å². The van der Waals surface area contributed by atoms with Crippen LogP contribution in [0, 0.1) is 5.82 Å². The zero-order chi connectivity index (χ0) is 17.3. The van der Waals surface area contributed by atoms with Crippen molar-refractivity contribution in [2.75, 3.05) is 27.2 Å². The van der Waals surface area contributed by atoms with Crippen LogP contribution in [0.4, 0.5) is 4.39 Å². The van der Waals surface area contributed by atoms with E-state index in [-0.39, 0.29) is 31.6 Å². The summed E-state index contributed by atoms with van der Waals surface area (Å²) in [5, 5.41) is 4.22. The van der Waals surface area contributed by atoms with Gasteiger partial charge in [0, 0.05) is 33.0 Å². The van der Waals surface area contributed by atoms with Gasteiger partial charge in [-0.15, -0.1) is 0 Å². The number of aromatic nitrogens is 3. The van der Waals surface area contributed by atoms with Gasteiger partial charge in [0.05, 0.1) is 12.2 Å². The summed E-state index contributed by atoms with van der Waals surface area (Å²) in [6.07, 6.45) is 3.04. The van der Waals surface area contributed by atoms with Crippen LogP contribution in [0.2, 0.25) is 0 Å². The molecule has 0 spiro atoms. The Morgan fingerprint density at radius 2 is 2.17 bits per heavy atom. The van der Waals surface area contributed by atoms with Crippen LogP contribution in [0.1, 0.15) is 11.7 Å². The van der Waals surface area contributed by atoms with E-state index in [1.54, 1.807) is 16.9 Å². The topological polar surface area (TPSA) is 80.6 Å². The number of pyridine rings is 1. The summed E-state index contributed by atoms with van der Waals surface area (Å²) in [6, 6.07) is 4.11. The Balaban J connectivity index is 1.81. The lowest BCUT2D eigenvalue weighted by atomic mass is 10.2. The maximum Gasteiger partial charge on any atom is 0.281 e. The van der Waals surface area contributed by atoms with E-state index in [9.17, 15) is 12.8 Å². The van der Waals surface area contributed by atoms with Crippen LogP contribution in [0.3, 0.4) is 0 Å². The molecule has 130 valence electrons. The second-order valence-electron chi connectivity index (χ2n) is 5.61. The Morgan fingerprint density at radius 1 is 1.38 bits per heavy atom. The first-order valence-electron chi connectivity index (χ1n) is 7.33. The Labute approximate surface area is 139 Å². The normalized spacial score (nSPS) is 18.6. The molecule has 0 bridgehead atoms. The van der Waals surface area contributed by atoms with Crippen molar-refractivity contribution < 1.29 is 17.5 Å². The van der Waals surface area contributed by atoms with Gasteiger partial charge in [0.25, 0.3) is 10.2 Å². The Morgan fingerprint density at radius 3 is 2.88 bits per heavy atom. The molecule has 0 fully saturated rings. The molecule has 1 atom stereocenters. The quantitative estimate of drug-likeness (QED) is 0.787. The Bertz CT molecular complexity index is 823. The molecule has 3 rings (SSSR count). The van der Waals surface area contributed by atoms with Crippen LogP contribution >= 0.6 is 0 Å². The minimum Gasteiger partial charge on any atom is -0.473 e. The lowest BCUT2D eigenvalue weighted by molar-refractivity contribution is 0.170. The van der Waals surface area contributed by atoms with Gasteiger partial charge in [-0.05, 0) is 18.2 Å². The third-order valence-corrected chi connectivity index (χ3v) is 5.63. The standard InChI is InChI=1S/C14H18FN5O3S/c1-18(2)24(21,22)19-8-11-5-7-17-20(11)12(9-19)10-23-14-13(15)4-3-6-16-14/h3-7,12H,8-10H2,1-2H3/t12-/m1/s1. The van der Waals surface area contributed by atoms with Gasteiger partial charge in [0.15, 0.2) is 5.82 Å². The second-order valence-corrected chi connectivity index (χ2v) is 7.75. The molecular weight excluding hydrogens is 337 g/mol. The minimum absolute atomic E-state index is 0.0576. The summed E-state index contributed by atoms with van der Waals surface area (Å²) in [4.78, 5) is 3.84. The lowest BCUT2D eigenvalue weighted by Crippen LogP contribution is -2.47. The number of hydrogen-bond acceptors (Lipinski definition) is 5. The zero-order valence-corrected chi connectivity index (χ0v) is 14.1. The molecule has 24 heavy (non-hydrogen) atoms. The molecule has 1 aliphatic heterocycles. The van der Waals surface area contributed by atoms with E-state index in [0.717, 1.165) is 10.00 Å². The van der Waals surface area contributed by atoms with Crippen LogP contribution < -0.4 is 4.74 Å². The smallest absolute Gasteiger partial charge is 0.281 e. The maximum atomic E-state index is 13.6. The van der Waals surface area contributed by atoms with Crippen LogP contribution in [-0.2, 0) is 16.8 Å². The van der Waals surface area contributed by atoms with E-state index < -0.39 is 16.0 Å². The van der Waals surface area contributed by atoms with Crippen molar-refractivity contribution in [1.29, 1.82) is 0 Å². The molecule has 1 aliphatic rings. The van der Waals surface area contributed by atoms with Gasteiger partial charge in [-0.2, -0.15) is 22.1 Å². The third kappa shape index (κ3) is 3.12. The van der Waals surface area contributed by atoms with Gasteiger partial charge in [-0.25, -0.2) is 9.37 Å². The highest BCUT2D eigenvalue weighted by atomic mass is 32.2. The largest absolute Gasteiger partial charge is 0.473 e. The van der Waals surface area contributed by atoms with Crippen molar-refractivity contribution in [2.45, 2.75) is 12.6 Å². The number of rotatable bonds is 5. The monoisotopic (exact) mass is 355 g/mol. The number of fused-ring (bicyclic) bond motifs is 1. The van der Waals surface area contributed by atoms with E-state index >= 15 is 0 Å². The molecule has 2 aromatic heterocycles. The molecule has 0 radical (unpaired) electrons. The molecular formula is C14H18FN5O3S. The summed E-state index contributed by atoms with van der Waals surface area (Å²) in [6.45, 7) is 0.473. The van der Waals surface area contributed by atoms with Gasteiger partial charge >= 0.3 is 0 Å². The Hall–Kier alpha value is -2.04. The average Bonchev–Trinajstić information content (AvgIpc) is 3.02. The molecule has 0 aromatic carbocycles. The predicted octanol–water partition coefficient (Wildman–Crippen LogP) is 0.659. The minimum atomic E-state index is -3.56. The van der Waals surface area contributed by atoms with Crippen molar-refractivity contribution in [2.24, 2.45) is 0 Å². The fraction of sp³-hybridized carbons (Fsp3) is 0.429. The van der Waals surface area contributed by atoms with Crippen molar-refractivity contribution >= 4 is 10.2 Å². The molecule has 2 aromatic rings. The number of ether oxygens (including phenoxy) is 1. The third-order valence-electron chi connectivity index (χ3n) is 3.78. The first-order chi connectivity index (χ1) is 11.4. The lowest BCUT2D eigenvalue weighted by Gasteiger charge is -2.34. The summed E-state index contributed by atoms with van der Waals surface area (Å²) in [5.74, 6) is -0.675. The van der Waals surface area contributed by atoms with Crippen LogP contribution in [-0.4, -0.2) is 59.0 Å². The van der Waals surface area contributed by atoms with E-state index in [2.05, 4.69) is 10.1 Å². The molecule has 0 amide bonds. The van der Waals surface area contributed by atoms with Crippen LogP contribution in [0.25, 0.3) is 0 Å². The van der Waals surface area contributed by atoms with E-state index in [1.165, 1.54) is 36.7 Å². The highest BCUT2D eigenvalue weighted by Gasteiger charge is 2.34. The summed E-state index contributed by atoms with van der Waals surface area (Å²) >= 11 is 0. The van der Waals surface area contributed by atoms with Crippen LogP contribution in [0.15, 0.2) is 30.6 Å². The second kappa shape index (κ2) is 6.46. The fourth-order valence-electron chi connectivity index (χ4n) is 2.54. The predicted molar refractivity (Wildman–Crippen MR) is 84.0 cm³/mol. The average molecular weight is 355 g/mol. The molecule has 0 N–H and O–H groups in total. The van der Waals surface area contributed by atoms with E-state index in [1.807, 2.05) is 0 Å². The first kappa shape index (κ1) is 16.8. The van der Waals surface area contributed by atoms with Gasteiger partial charge < -0.3 is 4.74 Å². The summed E-state index contributed by atoms with van der Waals surface area (Å²) in [7, 11) is -0.600. The highest BCUT2D eigenvalue weighted by Crippen LogP contribution is 2.24. The SMILES string of the molecule is CN(C)S(=O)(=O)N1Cc2ccnn2[C@@H](COc2ncccc2F)C1. The molecule has 0 aliphatic carbocycles. The van der Waals surface area contributed by atoms with Crippen molar-refractivity contribution in [3.05, 3.63) is 42.1 Å².